The van der Waals surface area contributed by atoms with Crippen molar-refractivity contribution in [1.82, 2.24) is 0 Å². The molecule has 0 bridgehead atoms. The van der Waals surface area contributed by atoms with Gasteiger partial charge in [0.25, 0.3) is 0 Å². The van der Waals surface area contributed by atoms with Gasteiger partial charge in [0.2, 0.25) is 15.9 Å². The summed E-state index contributed by atoms with van der Waals surface area (Å²) in [6, 6.07) is 20.7. The van der Waals surface area contributed by atoms with Crippen LogP contribution in [0.5, 0.6) is 0 Å². The summed E-state index contributed by atoms with van der Waals surface area (Å²) in [4.78, 5) is 17.3. The van der Waals surface area contributed by atoms with Crippen molar-refractivity contribution in [3.05, 3.63) is 77.3 Å². The van der Waals surface area contributed by atoms with E-state index in [4.69, 9.17) is 16.7 Å². The average Bonchev–Trinajstić information content (AvgIpc) is 3.08. The highest BCUT2D eigenvalue weighted by Gasteiger charge is 2.40. The van der Waals surface area contributed by atoms with Crippen LogP contribution in [-0.4, -0.2) is 33.5 Å². The van der Waals surface area contributed by atoms with Gasteiger partial charge in [-0.2, -0.15) is 0 Å². The maximum absolute atomic E-state index is 13.3. The van der Waals surface area contributed by atoms with Crippen molar-refractivity contribution in [2.24, 2.45) is 11.1 Å². The van der Waals surface area contributed by atoms with Gasteiger partial charge in [-0.25, -0.2) is 13.6 Å². The standard InChI is InChI=1S/C25H24ClN3O3S/c1-16-12-18-8-11-21(33(27,31)32)13-24(18)29(16)25(30)19-14-28(15-19)20-9-6-17(7-10-20)22-4-2-3-5-23(22)26/h2-11,13,16,19H,12,14-15H2,1H3,(H2,27,31,32). The van der Waals surface area contributed by atoms with Crippen LogP contribution in [0.2, 0.25) is 5.02 Å². The van der Waals surface area contributed by atoms with Gasteiger partial charge in [-0.1, -0.05) is 48.0 Å². The topological polar surface area (TPSA) is 83.7 Å². The second-order valence-electron chi connectivity index (χ2n) is 8.73. The molecule has 0 aromatic heterocycles. The summed E-state index contributed by atoms with van der Waals surface area (Å²) >= 11 is 6.31. The van der Waals surface area contributed by atoms with Gasteiger partial charge in [-0.15, -0.1) is 0 Å². The smallest absolute Gasteiger partial charge is 0.238 e. The van der Waals surface area contributed by atoms with E-state index in [1.54, 1.807) is 11.0 Å². The Kier molecular flexibility index (Phi) is 5.43. The fourth-order valence-electron chi connectivity index (χ4n) is 4.69. The zero-order valence-corrected chi connectivity index (χ0v) is 19.7. The molecule has 1 saturated heterocycles. The number of nitrogens with two attached hydrogens (primary N) is 1. The summed E-state index contributed by atoms with van der Waals surface area (Å²) in [7, 11) is -3.83. The van der Waals surface area contributed by atoms with E-state index in [1.807, 2.05) is 55.5 Å². The predicted molar refractivity (Wildman–Crippen MR) is 131 cm³/mol. The molecule has 1 amide bonds. The van der Waals surface area contributed by atoms with Crippen molar-refractivity contribution in [2.75, 3.05) is 22.9 Å². The van der Waals surface area contributed by atoms with Crippen molar-refractivity contribution in [3.63, 3.8) is 0 Å². The lowest BCUT2D eigenvalue weighted by atomic mass is 9.96. The summed E-state index contributed by atoms with van der Waals surface area (Å²) in [6.45, 7) is 3.23. The maximum atomic E-state index is 13.3. The molecule has 5 rings (SSSR count). The number of rotatable bonds is 4. The molecule has 170 valence electrons. The first-order valence-electron chi connectivity index (χ1n) is 10.8. The highest BCUT2D eigenvalue weighted by molar-refractivity contribution is 7.89. The van der Waals surface area contributed by atoms with E-state index in [0.29, 0.717) is 30.2 Å². The predicted octanol–water partition coefficient (Wildman–Crippen LogP) is 4.07. The van der Waals surface area contributed by atoms with Crippen LogP contribution in [0.3, 0.4) is 0 Å². The van der Waals surface area contributed by atoms with Gasteiger partial charge < -0.3 is 9.80 Å². The summed E-state index contributed by atoms with van der Waals surface area (Å²) in [6.07, 6.45) is 0.700. The molecular weight excluding hydrogens is 458 g/mol. The van der Waals surface area contributed by atoms with Crippen LogP contribution in [0.4, 0.5) is 11.4 Å². The Bertz CT molecular complexity index is 1340. The Balaban J connectivity index is 1.29. The molecule has 0 radical (unpaired) electrons. The minimum absolute atomic E-state index is 0.0211. The third-order valence-electron chi connectivity index (χ3n) is 6.49. The third kappa shape index (κ3) is 4.01. The average molecular weight is 482 g/mol. The van der Waals surface area contributed by atoms with Crippen LogP contribution >= 0.6 is 11.6 Å². The van der Waals surface area contributed by atoms with Gasteiger partial charge >= 0.3 is 0 Å². The molecule has 0 aliphatic carbocycles. The van der Waals surface area contributed by atoms with Crippen molar-refractivity contribution in [2.45, 2.75) is 24.3 Å². The van der Waals surface area contributed by atoms with E-state index < -0.39 is 10.0 Å². The lowest BCUT2D eigenvalue weighted by molar-refractivity contribution is -0.123. The van der Waals surface area contributed by atoms with Crippen molar-refractivity contribution >= 4 is 38.9 Å². The molecule has 2 aliphatic heterocycles. The van der Waals surface area contributed by atoms with Gasteiger partial charge in [0.15, 0.2) is 0 Å². The van der Waals surface area contributed by atoms with E-state index in [9.17, 15) is 13.2 Å². The van der Waals surface area contributed by atoms with E-state index >= 15 is 0 Å². The number of anilines is 2. The van der Waals surface area contributed by atoms with Crippen LogP contribution in [0.1, 0.15) is 12.5 Å². The van der Waals surface area contributed by atoms with Gasteiger partial charge in [0, 0.05) is 41.1 Å². The van der Waals surface area contributed by atoms with Crippen LogP contribution in [0, 0.1) is 5.92 Å². The quantitative estimate of drug-likeness (QED) is 0.608. The number of fused-ring (bicyclic) bond motifs is 1. The molecule has 2 heterocycles. The highest BCUT2D eigenvalue weighted by Crippen LogP contribution is 2.37. The number of carbonyl (C=O) groups is 1. The van der Waals surface area contributed by atoms with E-state index in [2.05, 4.69) is 4.90 Å². The Morgan fingerprint density at radius 2 is 1.73 bits per heavy atom. The Hall–Kier alpha value is -2.87. The van der Waals surface area contributed by atoms with Crippen molar-refractivity contribution in [3.8, 4) is 11.1 Å². The number of nitrogens with zero attached hydrogens (tertiary/aromatic N) is 2. The molecule has 2 N–H and O–H groups in total. The van der Waals surface area contributed by atoms with Gasteiger partial charge in [-0.05, 0) is 54.8 Å². The number of carbonyl (C=O) groups excluding carboxylic acids is 1. The molecule has 3 aromatic rings. The number of hydrogen-bond donors (Lipinski definition) is 1. The van der Waals surface area contributed by atoms with E-state index in [1.165, 1.54) is 12.1 Å². The Morgan fingerprint density at radius 1 is 1.03 bits per heavy atom. The van der Waals surface area contributed by atoms with E-state index in [0.717, 1.165) is 22.4 Å². The molecule has 0 saturated carbocycles. The van der Waals surface area contributed by atoms with Gasteiger partial charge in [-0.3, -0.25) is 4.79 Å². The summed E-state index contributed by atoms with van der Waals surface area (Å²) < 4.78 is 23.6. The minimum Gasteiger partial charge on any atom is -0.370 e. The molecule has 0 spiro atoms. The summed E-state index contributed by atoms with van der Waals surface area (Å²) in [5.41, 5.74) is 4.71. The molecule has 8 heteroatoms. The molecule has 1 atom stereocenters. The zero-order chi connectivity index (χ0) is 23.3. The third-order valence-corrected chi connectivity index (χ3v) is 7.73. The first kappa shape index (κ1) is 21.9. The lowest BCUT2D eigenvalue weighted by Gasteiger charge is -2.42. The second kappa shape index (κ2) is 8.17. The minimum atomic E-state index is -3.83. The lowest BCUT2D eigenvalue weighted by Crippen LogP contribution is -2.55. The summed E-state index contributed by atoms with van der Waals surface area (Å²) in [5.74, 6) is -0.114. The first-order valence-corrected chi connectivity index (χ1v) is 12.7. The first-order chi connectivity index (χ1) is 15.7. The Morgan fingerprint density at radius 3 is 2.39 bits per heavy atom. The number of sulfonamides is 1. The normalized spacial score (nSPS) is 18.2. The summed E-state index contributed by atoms with van der Waals surface area (Å²) in [5, 5.41) is 6.01. The molecule has 2 aliphatic rings. The van der Waals surface area contributed by atoms with E-state index in [-0.39, 0.29) is 22.8 Å². The number of halogens is 1. The highest BCUT2D eigenvalue weighted by atomic mass is 35.5. The molecule has 3 aromatic carbocycles. The molecule has 1 fully saturated rings. The van der Waals surface area contributed by atoms with Crippen LogP contribution in [0.15, 0.2) is 71.6 Å². The van der Waals surface area contributed by atoms with Crippen LogP contribution in [-0.2, 0) is 21.2 Å². The molecular formula is C25H24ClN3O3S. The number of amides is 1. The second-order valence-corrected chi connectivity index (χ2v) is 10.7. The SMILES string of the molecule is CC1Cc2ccc(S(N)(=O)=O)cc2N1C(=O)C1CN(c2ccc(-c3ccccc3Cl)cc2)C1. The van der Waals surface area contributed by atoms with Gasteiger partial charge in [0.1, 0.15) is 0 Å². The molecule has 6 nitrogen and oxygen atoms in total. The number of benzene rings is 3. The zero-order valence-electron chi connectivity index (χ0n) is 18.1. The monoisotopic (exact) mass is 481 g/mol. The maximum Gasteiger partial charge on any atom is 0.238 e. The molecule has 1 unspecified atom stereocenters. The molecule has 33 heavy (non-hydrogen) atoms. The number of hydrogen-bond acceptors (Lipinski definition) is 4. The number of primary sulfonamides is 1. The fourth-order valence-corrected chi connectivity index (χ4v) is 5.47. The van der Waals surface area contributed by atoms with Crippen molar-refractivity contribution in [1.29, 1.82) is 0 Å². The Labute approximate surface area is 198 Å². The van der Waals surface area contributed by atoms with Crippen LogP contribution < -0.4 is 14.9 Å². The largest absolute Gasteiger partial charge is 0.370 e. The van der Waals surface area contributed by atoms with Crippen molar-refractivity contribution < 1.29 is 13.2 Å². The van der Waals surface area contributed by atoms with Gasteiger partial charge in [0.05, 0.1) is 10.8 Å². The fraction of sp³-hybridized carbons (Fsp3) is 0.240. The van der Waals surface area contributed by atoms with Crippen LogP contribution in [0.25, 0.3) is 11.1 Å².